The molecule has 0 saturated carbocycles. The Kier molecular flexibility index (Phi) is 4.36. The number of hydrogen-bond acceptors (Lipinski definition) is 3. The SMILES string of the molecule is Fc1c(Cl)cccc1[C@H](c1cccs1)N1CCNCC1. The van der Waals surface area contributed by atoms with Crippen LogP contribution in [0, 0.1) is 5.82 Å². The first-order chi connectivity index (χ1) is 9.77. The number of nitrogens with one attached hydrogen (secondary N) is 1. The molecule has 1 atom stereocenters. The van der Waals surface area contributed by atoms with Crippen LogP contribution in [-0.4, -0.2) is 31.1 Å². The van der Waals surface area contributed by atoms with E-state index < -0.39 is 0 Å². The Morgan fingerprint density at radius 2 is 2.00 bits per heavy atom. The molecule has 1 aliphatic heterocycles. The zero-order chi connectivity index (χ0) is 13.9. The molecule has 1 N–H and O–H groups in total. The van der Waals surface area contributed by atoms with E-state index in [9.17, 15) is 4.39 Å². The molecule has 106 valence electrons. The molecule has 0 aliphatic carbocycles. The highest BCUT2D eigenvalue weighted by Gasteiger charge is 2.27. The van der Waals surface area contributed by atoms with E-state index in [1.807, 2.05) is 23.6 Å². The van der Waals surface area contributed by atoms with Crippen LogP contribution in [0.4, 0.5) is 4.39 Å². The second-order valence-electron chi connectivity index (χ2n) is 4.85. The zero-order valence-electron chi connectivity index (χ0n) is 11.0. The average molecular weight is 311 g/mol. The summed E-state index contributed by atoms with van der Waals surface area (Å²) in [4.78, 5) is 3.48. The van der Waals surface area contributed by atoms with Gasteiger partial charge in [-0.15, -0.1) is 11.3 Å². The van der Waals surface area contributed by atoms with Gasteiger partial charge in [0.05, 0.1) is 11.1 Å². The minimum Gasteiger partial charge on any atom is -0.314 e. The molecule has 0 bridgehead atoms. The Labute approximate surface area is 127 Å². The first-order valence-electron chi connectivity index (χ1n) is 6.69. The zero-order valence-corrected chi connectivity index (χ0v) is 12.6. The molecule has 1 aromatic heterocycles. The fourth-order valence-electron chi connectivity index (χ4n) is 2.65. The van der Waals surface area contributed by atoms with Crippen molar-refractivity contribution in [1.29, 1.82) is 0 Å². The van der Waals surface area contributed by atoms with Crippen molar-refractivity contribution in [2.24, 2.45) is 0 Å². The van der Waals surface area contributed by atoms with Crippen molar-refractivity contribution < 1.29 is 4.39 Å². The average Bonchev–Trinajstić information content (AvgIpc) is 2.99. The second kappa shape index (κ2) is 6.22. The minimum absolute atomic E-state index is 0.0456. The van der Waals surface area contributed by atoms with Gasteiger partial charge in [-0.1, -0.05) is 29.8 Å². The number of piperazine rings is 1. The van der Waals surface area contributed by atoms with E-state index in [1.54, 1.807) is 17.4 Å². The van der Waals surface area contributed by atoms with Gasteiger partial charge < -0.3 is 5.32 Å². The van der Waals surface area contributed by atoms with E-state index in [2.05, 4.69) is 16.3 Å². The smallest absolute Gasteiger partial charge is 0.146 e. The molecule has 0 radical (unpaired) electrons. The van der Waals surface area contributed by atoms with Gasteiger partial charge in [-0.05, 0) is 17.5 Å². The Morgan fingerprint density at radius 3 is 2.70 bits per heavy atom. The topological polar surface area (TPSA) is 15.3 Å². The molecule has 3 rings (SSSR count). The van der Waals surface area contributed by atoms with Crippen molar-refractivity contribution in [2.75, 3.05) is 26.2 Å². The highest BCUT2D eigenvalue weighted by molar-refractivity contribution is 7.10. The maximum absolute atomic E-state index is 14.4. The van der Waals surface area contributed by atoms with Crippen molar-refractivity contribution in [3.8, 4) is 0 Å². The summed E-state index contributed by atoms with van der Waals surface area (Å²) in [7, 11) is 0. The van der Waals surface area contributed by atoms with Gasteiger partial charge in [0.1, 0.15) is 5.82 Å². The van der Waals surface area contributed by atoms with E-state index in [-0.39, 0.29) is 16.9 Å². The largest absolute Gasteiger partial charge is 0.314 e. The highest BCUT2D eigenvalue weighted by Crippen LogP contribution is 2.35. The first kappa shape index (κ1) is 14.0. The summed E-state index contributed by atoms with van der Waals surface area (Å²) in [5.74, 6) is -0.300. The number of benzene rings is 1. The normalized spacial score (nSPS) is 18.1. The van der Waals surface area contributed by atoms with Gasteiger partial charge >= 0.3 is 0 Å². The Hall–Kier alpha value is -0.940. The van der Waals surface area contributed by atoms with E-state index >= 15 is 0 Å². The number of hydrogen-bond donors (Lipinski definition) is 1. The van der Waals surface area contributed by atoms with Crippen LogP contribution in [0.3, 0.4) is 0 Å². The molecule has 1 aliphatic rings. The molecule has 0 spiro atoms. The van der Waals surface area contributed by atoms with Gasteiger partial charge in [0.2, 0.25) is 0 Å². The van der Waals surface area contributed by atoms with Crippen LogP contribution < -0.4 is 5.32 Å². The van der Waals surface area contributed by atoms with Crippen LogP contribution in [0.15, 0.2) is 35.7 Å². The van der Waals surface area contributed by atoms with Crippen molar-refractivity contribution >= 4 is 22.9 Å². The molecular formula is C15H16ClFN2S. The Bertz CT molecular complexity index is 567. The third-order valence-corrected chi connectivity index (χ3v) is 4.82. The number of nitrogens with zero attached hydrogens (tertiary/aromatic N) is 1. The molecule has 0 unspecified atom stereocenters. The monoisotopic (exact) mass is 310 g/mol. The van der Waals surface area contributed by atoms with Gasteiger partial charge in [0.25, 0.3) is 0 Å². The summed E-state index contributed by atoms with van der Waals surface area (Å²) in [5, 5.41) is 5.56. The lowest BCUT2D eigenvalue weighted by molar-refractivity contribution is 0.197. The molecule has 2 heterocycles. The van der Waals surface area contributed by atoms with Crippen molar-refractivity contribution in [2.45, 2.75) is 6.04 Å². The van der Waals surface area contributed by atoms with E-state index in [4.69, 9.17) is 11.6 Å². The lowest BCUT2D eigenvalue weighted by Gasteiger charge is -2.35. The lowest BCUT2D eigenvalue weighted by Crippen LogP contribution is -2.45. The maximum atomic E-state index is 14.4. The summed E-state index contributed by atoms with van der Waals surface area (Å²) >= 11 is 7.62. The van der Waals surface area contributed by atoms with E-state index in [1.165, 1.54) is 0 Å². The van der Waals surface area contributed by atoms with Gasteiger partial charge in [0, 0.05) is 36.6 Å². The number of thiophene rings is 1. The van der Waals surface area contributed by atoms with Crippen molar-refractivity contribution in [3.63, 3.8) is 0 Å². The lowest BCUT2D eigenvalue weighted by atomic mass is 10.0. The van der Waals surface area contributed by atoms with E-state index in [0.29, 0.717) is 5.56 Å². The van der Waals surface area contributed by atoms with Gasteiger partial charge in [-0.25, -0.2) is 4.39 Å². The Morgan fingerprint density at radius 1 is 1.20 bits per heavy atom. The van der Waals surface area contributed by atoms with Gasteiger partial charge in [0.15, 0.2) is 0 Å². The molecule has 2 nitrogen and oxygen atoms in total. The first-order valence-corrected chi connectivity index (χ1v) is 7.95. The fraction of sp³-hybridized carbons (Fsp3) is 0.333. The van der Waals surface area contributed by atoms with E-state index in [0.717, 1.165) is 31.1 Å². The van der Waals surface area contributed by atoms with Crippen LogP contribution in [0.2, 0.25) is 5.02 Å². The molecule has 1 fully saturated rings. The number of rotatable bonds is 3. The third kappa shape index (κ3) is 2.74. The third-order valence-electron chi connectivity index (χ3n) is 3.61. The van der Waals surface area contributed by atoms with Crippen molar-refractivity contribution in [3.05, 3.63) is 57.0 Å². The van der Waals surface area contributed by atoms with Crippen LogP contribution in [0.5, 0.6) is 0 Å². The second-order valence-corrected chi connectivity index (χ2v) is 6.23. The quantitative estimate of drug-likeness (QED) is 0.933. The van der Waals surface area contributed by atoms with Crippen LogP contribution >= 0.6 is 22.9 Å². The van der Waals surface area contributed by atoms with Gasteiger partial charge in [-0.3, -0.25) is 4.90 Å². The molecule has 1 aromatic carbocycles. The summed E-state index contributed by atoms with van der Waals surface area (Å²) in [6.07, 6.45) is 0. The van der Waals surface area contributed by atoms with Gasteiger partial charge in [-0.2, -0.15) is 0 Å². The van der Waals surface area contributed by atoms with Crippen molar-refractivity contribution in [1.82, 2.24) is 10.2 Å². The van der Waals surface area contributed by atoms with Crippen LogP contribution in [0.1, 0.15) is 16.5 Å². The minimum atomic E-state index is -0.300. The summed E-state index contributed by atoms with van der Waals surface area (Å²) in [6.45, 7) is 3.69. The van der Waals surface area contributed by atoms with Crippen LogP contribution in [0.25, 0.3) is 0 Å². The standard InChI is InChI=1S/C15H16ClFN2S/c16-12-4-1-3-11(14(12)17)15(13-5-2-10-20-13)19-8-6-18-7-9-19/h1-5,10,15,18H,6-9H2/t15-/m1/s1. The highest BCUT2D eigenvalue weighted by atomic mass is 35.5. The molecule has 1 saturated heterocycles. The maximum Gasteiger partial charge on any atom is 0.146 e. The molecule has 0 amide bonds. The molecule has 2 aromatic rings. The predicted molar refractivity (Wildman–Crippen MR) is 82.0 cm³/mol. The fourth-order valence-corrected chi connectivity index (χ4v) is 3.71. The summed E-state index contributed by atoms with van der Waals surface area (Å²) in [6, 6.07) is 9.30. The summed E-state index contributed by atoms with van der Waals surface area (Å²) in [5.41, 5.74) is 0.668. The predicted octanol–water partition coefficient (Wildman–Crippen LogP) is 3.54. The molecule has 20 heavy (non-hydrogen) atoms. The molecular weight excluding hydrogens is 295 g/mol. The number of halogens is 2. The molecule has 5 heteroatoms. The Balaban J connectivity index is 2.03. The van der Waals surface area contributed by atoms with Crippen LogP contribution in [-0.2, 0) is 0 Å². The summed E-state index contributed by atoms with van der Waals surface area (Å²) < 4.78 is 14.4.